The molecule has 6 heteroatoms. The lowest BCUT2D eigenvalue weighted by Gasteiger charge is -2.24. The summed E-state index contributed by atoms with van der Waals surface area (Å²) in [7, 11) is -3.70. The highest BCUT2D eigenvalue weighted by molar-refractivity contribution is 7.89. The number of carbonyl (C=O) groups excluding carboxylic acids is 1. The van der Waals surface area contributed by atoms with Gasteiger partial charge in [0.2, 0.25) is 15.9 Å². The van der Waals surface area contributed by atoms with Crippen LogP contribution in [0.5, 0.6) is 0 Å². The van der Waals surface area contributed by atoms with Crippen LogP contribution in [-0.2, 0) is 14.8 Å². The van der Waals surface area contributed by atoms with Crippen molar-refractivity contribution in [3.63, 3.8) is 0 Å². The Morgan fingerprint density at radius 1 is 1.14 bits per heavy atom. The molecule has 1 amide bonds. The third-order valence-electron chi connectivity index (χ3n) is 3.98. The van der Waals surface area contributed by atoms with E-state index < -0.39 is 16.1 Å². The van der Waals surface area contributed by atoms with Gasteiger partial charge in [-0.2, -0.15) is 4.72 Å². The van der Waals surface area contributed by atoms with E-state index in [1.807, 2.05) is 20.8 Å². The molecule has 1 aromatic rings. The minimum absolute atomic E-state index is 0.0926. The van der Waals surface area contributed by atoms with Crippen molar-refractivity contribution in [2.24, 2.45) is 11.8 Å². The molecule has 2 rings (SSSR count). The third kappa shape index (κ3) is 4.30. The van der Waals surface area contributed by atoms with Crippen LogP contribution in [0.1, 0.15) is 33.6 Å². The van der Waals surface area contributed by atoms with Gasteiger partial charge in [-0.15, -0.1) is 0 Å². The van der Waals surface area contributed by atoms with Gasteiger partial charge < -0.3 is 5.32 Å². The van der Waals surface area contributed by atoms with Crippen molar-refractivity contribution in [2.45, 2.75) is 50.6 Å². The van der Waals surface area contributed by atoms with Crippen LogP contribution in [0.3, 0.4) is 0 Å². The van der Waals surface area contributed by atoms with E-state index in [9.17, 15) is 13.2 Å². The van der Waals surface area contributed by atoms with Crippen molar-refractivity contribution in [2.75, 3.05) is 0 Å². The van der Waals surface area contributed by atoms with Gasteiger partial charge in [-0.1, -0.05) is 32.0 Å². The highest BCUT2D eigenvalue weighted by atomic mass is 32.2. The fourth-order valence-electron chi connectivity index (χ4n) is 2.36. The van der Waals surface area contributed by atoms with Gasteiger partial charge in [-0.3, -0.25) is 4.79 Å². The highest BCUT2D eigenvalue weighted by Crippen LogP contribution is 2.32. The van der Waals surface area contributed by atoms with E-state index in [-0.39, 0.29) is 22.8 Å². The summed E-state index contributed by atoms with van der Waals surface area (Å²) in [5.74, 6) is 0.140. The third-order valence-corrected chi connectivity index (χ3v) is 5.44. The van der Waals surface area contributed by atoms with Gasteiger partial charge in [0.25, 0.3) is 0 Å². The smallest absolute Gasteiger partial charge is 0.241 e. The average Bonchev–Trinajstić information content (AvgIpc) is 3.30. The Balaban J connectivity index is 2.09. The molecule has 2 atom stereocenters. The molecular formula is C16H24N2O3S. The highest BCUT2D eigenvalue weighted by Gasteiger charge is 2.33. The maximum atomic E-state index is 12.4. The van der Waals surface area contributed by atoms with E-state index >= 15 is 0 Å². The summed E-state index contributed by atoms with van der Waals surface area (Å²) < 4.78 is 27.3. The second-order valence-corrected chi connectivity index (χ2v) is 8.00. The summed E-state index contributed by atoms with van der Waals surface area (Å²) >= 11 is 0. The molecule has 0 bridgehead atoms. The van der Waals surface area contributed by atoms with Crippen LogP contribution in [0.4, 0.5) is 0 Å². The van der Waals surface area contributed by atoms with Crippen molar-refractivity contribution in [1.82, 2.24) is 10.0 Å². The molecular weight excluding hydrogens is 300 g/mol. The number of hydrogen-bond acceptors (Lipinski definition) is 3. The zero-order valence-corrected chi connectivity index (χ0v) is 14.1. The largest absolute Gasteiger partial charge is 0.352 e. The molecule has 1 aliphatic rings. The first-order valence-electron chi connectivity index (χ1n) is 7.69. The maximum absolute atomic E-state index is 12.4. The van der Waals surface area contributed by atoms with Gasteiger partial charge in [0.05, 0.1) is 4.90 Å². The number of benzene rings is 1. The van der Waals surface area contributed by atoms with Crippen LogP contribution in [0, 0.1) is 11.8 Å². The van der Waals surface area contributed by atoms with Crippen LogP contribution in [0.15, 0.2) is 35.2 Å². The molecule has 1 aromatic carbocycles. The lowest BCUT2D eigenvalue weighted by Crippen LogP contribution is -2.51. The molecule has 2 N–H and O–H groups in total. The second-order valence-electron chi connectivity index (χ2n) is 6.29. The number of carbonyl (C=O) groups is 1. The van der Waals surface area contributed by atoms with Gasteiger partial charge in [0, 0.05) is 6.04 Å². The summed E-state index contributed by atoms with van der Waals surface area (Å²) in [4.78, 5) is 12.6. The van der Waals surface area contributed by atoms with Crippen LogP contribution in [0.25, 0.3) is 0 Å². The van der Waals surface area contributed by atoms with Crippen LogP contribution in [0.2, 0.25) is 0 Å². The molecule has 0 aliphatic heterocycles. The van der Waals surface area contributed by atoms with Crippen molar-refractivity contribution >= 4 is 15.9 Å². The topological polar surface area (TPSA) is 75.3 Å². The molecule has 22 heavy (non-hydrogen) atoms. The van der Waals surface area contributed by atoms with Crippen LogP contribution in [-0.4, -0.2) is 26.4 Å². The van der Waals surface area contributed by atoms with Crippen molar-refractivity contribution in [3.05, 3.63) is 30.3 Å². The summed E-state index contributed by atoms with van der Waals surface area (Å²) in [5, 5.41) is 2.93. The number of amides is 1. The van der Waals surface area contributed by atoms with Crippen molar-refractivity contribution in [3.8, 4) is 0 Å². The molecule has 1 saturated carbocycles. The van der Waals surface area contributed by atoms with Gasteiger partial charge in [-0.05, 0) is 43.7 Å². The van der Waals surface area contributed by atoms with Crippen molar-refractivity contribution < 1.29 is 13.2 Å². The van der Waals surface area contributed by atoms with Crippen LogP contribution >= 0.6 is 0 Å². The molecule has 0 heterocycles. The van der Waals surface area contributed by atoms with E-state index in [1.165, 1.54) is 12.1 Å². The Kier molecular flexibility index (Phi) is 5.24. The molecule has 1 fully saturated rings. The van der Waals surface area contributed by atoms with E-state index in [4.69, 9.17) is 0 Å². The Labute approximate surface area is 132 Å². The monoisotopic (exact) mass is 324 g/mol. The lowest BCUT2D eigenvalue weighted by molar-refractivity contribution is -0.124. The molecule has 1 aliphatic carbocycles. The average molecular weight is 324 g/mol. The lowest BCUT2D eigenvalue weighted by atomic mass is 10.0. The summed E-state index contributed by atoms with van der Waals surface area (Å²) in [5.41, 5.74) is 0. The first-order chi connectivity index (χ1) is 10.3. The minimum atomic E-state index is -3.70. The summed E-state index contributed by atoms with van der Waals surface area (Å²) in [6.45, 7) is 5.64. The van der Waals surface area contributed by atoms with E-state index in [0.717, 1.165) is 12.8 Å². The molecule has 0 saturated heterocycles. The minimum Gasteiger partial charge on any atom is -0.352 e. The molecule has 0 radical (unpaired) electrons. The molecule has 0 spiro atoms. The zero-order valence-electron chi connectivity index (χ0n) is 13.2. The van der Waals surface area contributed by atoms with Crippen LogP contribution < -0.4 is 10.0 Å². The molecule has 0 aromatic heterocycles. The van der Waals surface area contributed by atoms with E-state index in [0.29, 0.717) is 5.92 Å². The van der Waals surface area contributed by atoms with E-state index in [1.54, 1.807) is 18.2 Å². The first-order valence-corrected chi connectivity index (χ1v) is 9.17. The summed E-state index contributed by atoms with van der Waals surface area (Å²) in [6, 6.07) is 7.43. The predicted molar refractivity (Wildman–Crippen MR) is 85.7 cm³/mol. The number of hydrogen-bond donors (Lipinski definition) is 2. The van der Waals surface area contributed by atoms with E-state index in [2.05, 4.69) is 10.0 Å². The van der Waals surface area contributed by atoms with Gasteiger partial charge in [0.1, 0.15) is 6.04 Å². The Bertz CT molecular complexity index is 610. The Morgan fingerprint density at radius 3 is 2.23 bits per heavy atom. The van der Waals surface area contributed by atoms with Gasteiger partial charge >= 0.3 is 0 Å². The Morgan fingerprint density at radius 2 is 1.73 bits per heavy atom. The quantitative estimate of drug-likeness (QED) is 0.804. The molecule has 0 unspecified atom stereocenters. The Hall–Kier alpha value is -1.40. The SMILES string of the molecule is CC(C)[C@H](NS(=O)(=O)c1ccccc1)C(=O)N[C@@H](C)C1CC1. The summed E-state index contributed by atoms with van der Waals surface area (Å²) in [6.07, 6.45) is 2.26. The molecule has 122 valence electrons. The normalized spacial score (nSPS) is 18.0. The number of sulfonamides is 1. The predicted octanol–water partition coefficient (Wildman–Crippen LogP) is 1.90. The maximum Gasteiger partial charge on any atom is 0.241 e. The standard InChI is InChI=1S/C16H24N2O3S/c1-11(2)15(16(19)17-12(3)13-9-10-13)18-22(20,21)14-7-5-4-6-8-14/h4-8,11-13,15,18H,9-10H2,1-3H3,(H,17,19)/t12-,15-/m0/s1. The molecule has 5 nitrogen and oxygen atoms in total. The van der Waals surface area contributed by atoms with Crippen molar-refractivity contribution in [1.29, 1.82) is 0 Å². The zero-order chi connectivity index (χ0) is 16.3. The number of rotatable bonds is 7. The van der Waals surface area contributed by atoms with Gasteiger partial charge in [-0.25, -0.2) is 8.42 Å². The van der Waals surface area contributed by atoms with Gasteiger partial charge in [0.15, 0.2) is 0 Å². The second kappa shape index (κ2) is 6.79. The fraction of sp³-hybridized carbons (Fsp3) is 0.562. The fourth-order valence-corrected chi connectivity index (χ4v) is 3.72. The number of nitrogens with one attached hydrogen (secondary N) is 2. The first kappa shape index (κ1) is 17.0.